The highest BCUT2D eigenvalue weighted by Crippen LogP contribution is 2.23. The van der Waals surface area contributed by atoms with E-state index in [1.54, 1.807) is 0 Å². The van der Waals surface area contributed by atoms with Crippen molar-refractivity contribution in [1.82, 2.24) is 5.32 Å². The molecule has 7 heteroatoms. The van der Waals surface area contributed by atoms with Crippen molar-refractivity contribution >= 4 is 23.2 Å². The lowest BCUT2D eigenvalue weighted by atomic mass is 10.1. The number of hydrogen-bond acceptors (Lipinski definition) is 4. The van der Waals surface area contributed by atoms with Crippen LogP contribution in [-0.4, -0.2) is 28.6 Å². The molecule has 1 amide bonds. The van der Waals surface area contributed by atoms with Gasteiger partial charge in [0.25, 0.3) is 11.6 Å². The number of rotatable bonds is 4. The van der Waals surface area contributed by atoms with E-state index in [4.69, 9.17) is 16.7 Å². The van der Waals surface area contributed by atoms with Gasteiger partial charge in [0.15, 0.2) is 0 Å². The van der Waals surface area contributed by atoms with Crippen LogP contribution in [0, 0.1) is 16.0 Å². The van der Waals surface area contributed by atoms with Crippen molar-refractivity contribution in [3.05, 3.63) is 51.1 Å². The van der Waals surface area contributed by atoms with Gasteiger partial charge < -0.3 is 10.4 Å². The highest BCUT2D eigenvalue weighted by Gasteiger charge is 2.22. The van der Waals surface area contributed by atoms with E-state index in [0.29, 0.717) is 6.42 Å². The van der Waals surface area contributed by atoms with Crippen LogP contribution in [-0.2, 0) is 0 Å². The first-order valence-electron chi connectivity index (χ1n) is 6.05. The van der Waals surface area contributed by atoms with E-state index in [1.165, 1.54) is 12.1 Å². The van der Waals surface area contributed by atoms with Gasteiger partial charge in [-0.25, -0.2) is 0 Å². The van der Waals surface area contributed by atoms with Crippen LogP contribution < -0.4 is 5.32 Å². The molecule has 0 heterocycles. The molecule has 0 saturated heterocycles. The van der Waals surface area contributed by atoms with Crippen molar-refractivity contribution in [3.63, 3.8) is 0 Å². The third kappa shape index (κ3) is 3.15. The van der Waals surface area contributed by atoms with Gasteiger partial charge in [0.1, 0.15) is 0 Å². The van der Waals surface area contributed by atoms with Crippen LogP contribution in [0.15, 0.2) is 30.4 Å². The number of hydrogen-bond donors (Lipinski definition) is 2. The lowest BCUT2D eigenvalue weighted by molar-refractivity contribution is -0.384. The Kier molecular flexibility index (Phi) is 4.36. The van der Waals surface area contributed by atoms with Gasteiger partial charge in [-0.15, -0.1) is 0 Å². The third-order valence-corrected chi connectivity index (χ3v) is 3.44. The summed E-state index contributed by atoms with van der Waals surface area (Å²) in [5.41, 5.74) is 0.0331. The van der Waals surface area contributed by atoms with Crippen LogP contribution in [0.1, 0.15) is 16.8 Å². The Morgan fingerprint density at radius 1 is 1.50 bits per heavy atom. The topological polar surface area (TPSA) is 92.5 Å². The molecule has 1 aromatic rings. The first-order valence-corrected chi connectivity index (χ1v) is 6.43. The molecule has 1 aliphatic carbocycles. The minimum Gasteiger partial charge on any atom is -0.396 e. The second-order valence-electron chi connectivity index (χ2n) is 4.56. The van der Waals surface area contributed by atoms with E-state index in [9.17, 15) is 14.9 Å². The van der Waals surface area contributed by atoms with Gasteiger partial charge in [0.2, 0.25) is 0 Å². The molecule has 106 valence electrons. The Bertz CT molecular complexity index is 573. The molecule has 0 bridgehead atoms. The molecule has 1 aliphatic rings. The normalized spacial score (nSPS) is 20.9. The average Bonchev–Trinajstić information content (AvgIpc) is 2.85. The summed E-state index contributed by atoms with van der Waals surface area (Å²) in [5, 5.41) is 22.4. The van der Waals surface area contributed by atoms with Crippen molar-refractivity contribution in [3.8, 4) is 0 Å². The zero-order chi connectivity index (χ0) is 14.7. The van der Waals surface area contributed by atoms with Gasteiger partial charge in [0, 0.05) is 30.7 Å². The molecule has 2 atom stereocenters. The first-order chi connectivity index (χ1) is 9.51. The van der Waals surface area contributed by atoms with E-state index in [0.717, 1.165) is 6.07 Å². The molecular weight excluding hydrogens is 284 g/mol. The number of non-ortho nitro benzene ring substituents is 1. The second-order valence-corrected chi connectivity index (χ2v) is 4.97. The number of aliphatic hydroxyl groups excluding tert-OH is 1. The Labute approximate surface area is 120 Å². The standard InChI is InChI=1S/C13H13ClN2O4/c14-12-6-10(16(19)20)3-4-11(12)13(18)15-9-2-1-8(5-9)7-17/h1-4,6,8-9,17H,5,7H2,(H,15,18)/t8-,9+/m0/s1. The molecule has 2 rings (SSSR count). The third-order valence-electron chi connectivity index (χ3n) is 3.13. The lowest BCUT2D eigenvalue weighted by Gasteiger charge is -2.13. The molecule has 6 nitrogen and oxygen atoms in total. The van der Waals surface area contributed by atoms with Crippen molar-refractivity contribution in [2.24, 2.45) is 5.92 Å². The quantitative estimate of drug-likeness (QED) is 0.504. The highest BCUT2D eigenvalue weighted by atomic mass is 35.5. The number of benzene rings is 1. The van der Waals surface area contributed by atoms with Gasteiger partial charge >= 0.3 is 0 Å². The fraction of sp³-hybridized carbons (Fsp3) is 0.308. The maximum absolute atomic E-state index is 12.0. The molecular formula is C13H13ClN2O4. The number of carbonyl (C=O) groups excluding carboxylic acids is 1. The van der Waals surface area contributed by atoms with E-state index in [1.807, 2.05) is 12.2 Å². The largest absolute Gasteiger partial charge is 0.396 e. The molecule has 0 fully saturated rings. The van der Waals surface area contributed by atoms with Gasteiger partial charge in [-0.1, -0.05) is 23.8 Å². The van der Waals surface area contributed by atoms with Crippen molar-refractivity contribution in [1.29, 1.82) is 0 Å². The summed E-state index contributed by atoms with van der Waals surface area (Å²) in [5.74, 6) is -0.342. The summed E-state index contributed by atoms with van der Waals surface area (Å²) in [6.07, 6.45) is 4.30. The predicted octanol–water partition coefficient (Wildman–Crippen LogP) is 1.91. The van der Waals surface area contributed by atoms with E-state index < -0.39 is 10.8 Å². The van der Waals surface area contributed by atoms with E-state index >= 15 is 0 Å². The summed E-state index contributed by atoms with van der Waals surface area (Å²) in [6, 6.07) is 3.56. The van der Waals surface area contributed by atoms with Crippen LogP contribution in [0.4, 0.5) is 5.69 Å². The van der Waals surface area contributed by atoms with Gasteiger partial charge in [-0.2, -0.15) is 0 Å². The Morgan fingerprint density at radius 3 is 2.80 bits per heavy atom. The predicted molar refractivity (Wildman–Crippen MR) is 73.7 cm³/mol. The molecule has 20 heavy (non-hydrogen) atoms. The number of carbonyl (C=O) groups is 1. The van der Waals surface area contributed by atoms with Crippen LogP contribution in [0.25, 0.3) is 0 Å². The fourth-order valence-corrected chi connectivity index (χ4v) is 2.33. The summed E-state index contributed by atoms with van der Waals surface area (Å²) in [7, 11) is 0. The lowest BCUT2D eigenvalue weighted by Crippen LogP contribution is -2.33. The number of nitrogens with one attached hydrogen (secondary N) is 1. The molecule has 1 aromatic carbocycles. The highest BCUT2D eigenvalue weighted by molar-refractivity contribution is 6.34. The van der Waals surface area contributed by atoms with Crippen molar-refractivity contribution in [2.75, 3.05) is 6.61 Å². The summed E-state index contributed by atoms with van der Waals surface area (Å²) < 4.78 is 0. The Balaban J connectivity index is 2.07. The van der Waals surface area contributed by atoms with Gasteiger partial charge in [-0.05, 0) is 12.5 Å². The zero-order valence-electron chi connectivity index (χ0n) is 10.5. The number of nitro groups is 1. The van der Waals surface area contributed by atoms with E-state index in [-0.39, 0.29) is 34.8 Å². The molecule has 2 N–H and O–H groups in total. The molecule has 0 radical (unpaired) electrons. The summed E-state index contributed by atoms with van der Waals surface area (Å²) in [6.45, 7) is 0.0428. The van der Waals surface area contributed by atoms with Gasteiger partial charge in [0.05, 0.1) is 15.5 Å². The Hall–Kier alpha value is -1.92. The number of halogens is 1. The summed E-state index contributed by atoms with van der Waals surface area (Å²) >= 11 is 5.89. The molecule has 0 saturated carbocycles. The summed E-state index contributed by atoms with van der Waals surface area (Å²) in [4.78, 5) is 22.1. The Morgan fingerprint density at radius 2 is 2.25 bits per heavy atom. The smallest absolute Gasteiger partial charge is 0.270 e. The van der Waals surface area contributed by atoms with E-state index in [2.05, 4.69) is 5.32 Å². The number of amides is 1. The van der Waals surface area contributed by atoms with Gasteiger partial charge in [-0.3, -0.25) is 14.9 Å². The average molecular weight is 297 g/mol. The maximum Gasteiger partial charge on any atom is 0.270 e. The minimum absolute atomic E-state index is 0.0392. The second kappa shape index (κ2) is 6.02. The number of aliphatic hydroxyl groups is 1. The molecule has 0 unspecified atom stereocenters. The number of nitro benzene ring substituents is 1. The van der Waals surface area contributed by atoms with Crippen LogP contribution >= 0.6 is 11.6 Å². The SMILES string of the molecule is O=C(N[C@@H]1C=C[C@H](CO)C1)c1ccc([N+](=O)[O-])cc1Cl. The van der Waals surface area contributed by atoms with Crippen LogP contribution in [0.3, 0.4) is 0 Å². The monoisotopic (exact) mass is 296 g/mol. The number of nitrogens with zero attached hydrogens (tertiary/aromatic N) is 1. The molecule has 0 spiro atoms. The maximum atomic E-state index is 12.0. The minimum atomic E-state index is -0.570. The van der Waals surface area contributed by atoms with Crippen molar-refractivity contribution in [2.45, 2.75) is 12.5 Å². The molecule has 0 aliphatic heterocycles. The van der Waals surface area contributed by atoms with Crippen LogP contribution in [0.2, 0.25) is 5.02 Å². The zero-order valence-corrected chi connectivity index (χ0v) is 11.2. The van der Waals surface area contributed by atoms with Crippen molar-refractivity contribution < 1.29 is 14.8 Å². The first kappa shape index (κ1) is 14.5. The van der Waals surface area contributed by atoms with Crippen LogP contribution in [0.5, 0.6) is 0 Å². The molecule has 0 aromatic heterocycles. The fourth-order valence-electron chi connectivity index (χ4n) is 2.06.